The predicted molar refractivity (Wildman–Crippen MR) is 97.4 cm³/mol. The molecular weight excluding hydrogens is 316 g/mol. The van der Waals surface area contributed by atoms with Crippen molar-refractivity contribution in [3.63, 3.8) is 0 Å². The van der Waals surface area contributed by atoms with Crippen molar-refractivity contribution in [1.29, 1.82) is 0 Å². The first-order valence-electron chi connectivity index (χ1n) is 9.30. The highest BCUT2D eigenvalue weighted by Gasteiger charge is 2.35. The van der Waals surface area contributed by atoms with E-state index in [-0.39, 0.29) is 12.3 Å². The topological polar surface area (TPSA) is 53.0 Å². The number of hydrogen-bond acceptors (Lipinski definition) is 4. The molecule has 1 saturated heterocycles. The van der Waals surface area contributed by atoms with Crippen LogP contribution in [0.5, 0.6) is 5.75 Å². The molecule has 0 spiro atoms. The Balaban J connectivity index is 1.52. The molecule has 5 heteroatoms. The number of piperidine rings is 1. The van der Waals surface area contributed by atoms with E-state index in [0.717, 1.165) is 37.8 Å². The minimum atomic E-state index is -0.910. The van der Waals surface area contributed by atoms with Crippen LogP contribution in [0.2, 0.25) is 0 Å². The Hall–Kier alpha value is -1.59. The van der Waals surface area contributed by atoms with Gasteiger partial charge in [-0.05, 0) is 55.8 Å². The molecule has 1 aromatic rings. The van der Waals surface area contributed by atoms with Gasteiger partial charge in [-0.2, -0.15) is 0 Å². The third kappa shape index (κ3) is 5.44. The number of carbonyl (C=O) groups excluding carboxylic acids is 1. The van der Waals surface area contributed by atoms with Crippen LogP contribution in [0.1, 0.15) is 37.7 Å². The molecule has 3 rings (SSSR count). The van der Waals surface area contributed by atoms with Crippen molar-refractivity contribution in [2.45, 2.75) is 44.2 Å². The van der Waals surface area contributed by atoms with Gasteiger partial charge in [0, 0.05) is 27.2 Å². The third-order valence-corrected chi connectivity index (χ3v) is 5.13. The van der Waals surface area contributed by atoms with Gasteiger partial charge in [0.1, 0.15) is 5.75 Å². The SMILES string of the molecule is CN(C)C(=O)CC1(O)CCCN(Cc2ccc(OCC3CC3)cc2)C1. The molecule has 25 heavy (non-hydrogen) atoms. The van der Waals surface area contributed by atoms with Crippen LogP contribution in [-0.2, 0) is 11.3 Å². The lowest BCUT2D eigenvalue weighted by molar-refractivity contribution is -0.136. The Labute approximate surface area is 150 Å². The van der Waals surface area contributed by atoms with Crippen molar-refractivity contribution >= 4 is 5.91 Å². The smallest absolute Gasteiger partial charge is 0.224 e. The maximum atomic E-state index is 12.0. The second-order valence-electron chi connectivity index (χ2n) is 7.90. The Morgan fingerprint density at radius 2 is 2.04 bits per heavy atom. The van der Waals surface area contributed by atoms with Gasteiger partial charge in [0.05, 0.1) is 18.6 Å². The Kier molecular flexibility index (Phi) is 5.64. The molecule has 138 valence electrons. The standard InChI is InChI=1S/C20H30N2O3/c1-21(2)19(23)12-20(24)10-3-11-22(15-20)13-16-6-8-18(9-7-16)25-14-17-4-5-17/h6-9,17,24H,3-5,10-15H2,1-2H3. The van der Waals surface area contributed by atoms with Crippen LogP contribution in [0.4, 0.5) is 0 Å². The molecule has 1 aromatic carbocycles. The fourth-order valence-corrected chi connectivity index (χ4v) is 3.37. The zero-order chi connectivity index (χ0) is 17.9. The average molecular weight is 346 g/mol. The first kappa shape index (κ1) is 18.2. The van der Waals surface area contributed by atoms with Crippen molar-refractivity contribution < 1.29 is 14.6 Å². The molecule has 0 aromatic heterocycles. The minimum Gasteiger partial charge on any atom is -0.493 e. The normalized spacial score (nSPS) is 24.1. The molecule has 1 saturated carbocycles. The fourth-order valence-electron chi connectivity index (χ4n) is 3.37. The van der Waals surface area contributed by atoms with Gasteiger partial charge in [-0.15, -0.1) is 0 Å². The van der Waals surface area contributed by atoms with Gasteiger partial charge in [-0.3, -0.25) is 9.69 Å². The average Bonchev–Trinajstić information content (AvgIpc) is 3.38. The maximum Gasteiger partial charge on any atom is 0.224 e. The van der Waals surface area contributed by atoms with E-state index in [1.807, 2.05) is 12.1 Å². The van der Waals surface area contributed by atoms with Crippen LogP contribution in [0.25, 0.3) is 0 Å². The summed E-state index contributed by atoms with van der Waals surface area (Å²) in [6.07, 6.45) is 4.40. The lowest BCUT2D eigenvalue weighted by atomic mass is 9.89. The monoisotopic (exact) mass is 346 g/mol. The van der Waals surface area contributed by atoms with Crippen molar-refractivity contribution in [3.05, 3.63) is 29.8 Å². The van der Waals surface area contributed by atoms with E-state index in [2.05, 4.69) is 17.0 Å². The first-order chi connectivity index (χ1) is 11.9. The Morgan fingerprint density at radius 3 is 2.68 bits per heavy atom. The number of ether oxygens (including phenoxy) is 1. The third-order valence-electron chi connectivity index (χ3n) is 5.13. The van der Waals surface area contributed by atoms with Gasteiger partial charge >= 0.3 is 0 Å². The van der Waals surface area contributed by atoms with Crippen LogP contribution >= 0.6 is 0 Å². The molecule has 1 aliphatic heterocycles. The van der Waals surface area contributed by atoms with Gasteiger partial charge in [-0.25, -0.2) is 0 Å². The molecule has 1 amide bonds. The van der Waals surface area contributed by atoms with E-state index in [9.17, 15) is 9.90 Å². The fraction of sp³-hybridized carbons (Fsp3) is 0.650. The summed E-state index contributed by atoms with van der Waals surface area (Å²) in [6, 6.07) is 8.26. The molecular formula is C20H30N2O3. The number of rotatable bonds is 7. The quantitative estimate of drug-likeness (QED) is 0.823. The van der Waals surface area contributed by atoms with Gasteiger partial charge in [-0.1, -0.05) is 12.1 Å². The molecule has 1 heterocycles. The van der Waals surface area contributed by atoms with E-state index in [4.69, 9.17) is 4.74 Å². The molecule has 0 bridgehead atoms. The Morgan fingerprint density at radius 1 is 1.32 bits per heavy atom. The van der Waals surface area contributed by atoms with E-state index >= 15 is 0 Å². The number of nitrogens with zero attached hydrogens (tertiary/aromatic N) is 2. The number of β-amino-alcohol motifs (C(OH)–C–C–N with tert-alkyl or cyclic N) is 1. The van der Waals surface area contributed by atoms with E-state index in [0.29, 0.717) is 13.0 Å². The van der Waals surface area contributed by atoms with Crippen molar-refractivity contribution in [1.82, 2.24) is 9.80 Å². The molecule has 1 N–H and O–H groups in total. The van der Waals surface area contributed by atoms with Crippen LogP contribution in [0.15, 0.2) is 24.3 Å². The summed E-state index contributed by atoms with van der Waals surface area (Å²) in [5.74, 6) is 1.68. The summed E-state index contributed by atoms with van der Waals surface area (Å²) >= 11 is 0. The lowest BCUT2D eigenvalue weighted by Gasteiger charge is -2.39. The summed E-state index contributed by atoms with van der Waals surface area (Å²) < 4.78 is 5.78. The second kappa shape index (κ2) is 7.75. The molecule has 2 fully saturated rings. The van der Waals surface area contributed by atoms with Crippen LogP contribution in [0.3, 0.4) is 0 Å². The number of benzene rings is 1. The lowest BCUT2D eigenvalue weighted by Crippen LogP contribution is -2.50. The highest BCUT2D eigenvalue weighted by molar-refractivity contribution is 5.76. The number of hydrogen-bond donors (Lipinski definition) is 1. The summed E-state index contributed by atoms with van der Waals surface area (Å²) in [7, 11) is 3.47. The predicted octanol–water partition coefficient (Wildman–Crippen LogP) is 2.28. The summed E-state index contributed by atoms with van der Waals surface area (Å²) in [5.41, 5.74) is 0.300. The van der Waals surface area contributed by atoms with Crippen molar-refractivity contribution in [3.8, 4) is 5.75 Å². The number of aliphatic hydroxyl groups is 1. The summed E-state index contributed by atoms with van der Waals surface area (Å²) in [6.45, 7) is 3.13. The zero-order valence-electron chi connectivity index (χ0n) is 15.4. The molecule has 5 nitrogen and oxygen atoms in total. The van der Waals surface area contributed by atoms with Gasteiger partial charge in [0.25, 0.3) is 0 Å². The molecule has 1 aliphatic carbocycles. The van der Waals surface area contributed by atoms with E-state index in [1.165, 1.54) is 18.4 Å². The minimum absolute atomic E-state index is 0.0125. The van der Waals surface area contributed by atoms with Crippen LogP contribution < -0.4 is 4.74 Å². The largest absolute Gasteiger partial charge is 0.493 e. The molecule has 0 radical (unpaired) electrons. The number of amides is 1. The number of likely N-dealkylation sites (tertiary alicyclic amines) is 1. The highest BCUT2D eigenvalue weighted by atomic mass is 16.5. The van der Waals surface area contributed by atoms with E-state index in [1.54, 1.807) is 19.0 Å². The first-order valence-corrected chi connectivity index (χ1v) is 9.30. The maximum absolute atomic E-state index is 12.0. The molecule has 1 atom stereocenters. The van der Waals surface area contributed by atoms with Gasteiger partial charge in [0.15, 0.2) is 0 Å². The van der Waals surface area contributed by atoms with Gasteiger partial charge in [0.2, 0.25) is 5.91 Å². The van der Waals surface area contributed by atoms with E-state index < -0.39 is 5.60 Å². The second-order valence-corrected chi connectivity index (χ2v) is 7.90. The zero-order valence-corrected chi connectivity index (χ0v) is 15.4. The molecule has 2 aliphatic rings. The summed E-state index contributed by atoms with van der Waals surface area (Å²) in [4.78, 5) is 15.8. The highest BCUT2D eigenvalue weighted by Crippen LogP contribution is 2.30. The van der Waals surface area contributed by atoms with Gasteiger partial charge < -0.3 is 14.7 Å². The molecule has 1 unspecified atom stereocenters. The van der Waals surface area contributed by atoms with Crippen molar-refractivity contribution in [2.75, 3.05) is 33.8 Å². The Bertz CT molecular complexity index is 583. The van der Waals surface area contributed by atoms with Crippen molar-refractivity contribution in [2.24, 2.45) is 5.92 Å². The van der Waals surface area contributed by atoms with Crippen LogP contribution in [0, 0.1) is 5.92 Å². The number of carbonyl (C=O) groups is 1. The van der Waals surface area contributed by atoms with Crippen LogP contribution in [-0.4, -0.2) is 60.2 Å². The summed E-state index contributed by atoms with van der Waals surface area (Å²) in [5, 5.41) is 10.8.